The highest BCUT2D eigenvalue weighted by Crippen LogP contribution is 2.20. The van der Waals surface area contributed by atoms with E-state index in [1.54, 1.807) is 35.6 Å². The fraction of sp³-hybridized carbons (Fsp3) is 0.0769. The first kappa shape index (κ1) is 22.1. The molecule has 7 heteroatoms. The van der Waals surface area contributed by atoms with Gasteiger partial charge in [0, 0.05) is 5.56 Å². The van der Waals surface area contributed by atoms with Gasteiger partial charge in [0.15, 0.2) is 5.75 Å². The molecule has 0 aliphatic rings. The number of thiophene rings is 1. The van der Waals surface area contributed by atoms with Gasteiger partial charge in [-0.05, 0) is 72.0 Å². The van der Waals surface area contributed by atoms with E-state index in [1.807, 2.05) is 60.0 Å². The Bertz CT molecular complexity index is 1210. The second kappa shape index (κ2) is 10.5. The van der Waals surface area contributed by atoms with Crippen molar-refractivity contribution in [3.05, 3.63) is 112 Å². The van der Waals surface area contributed by atoms with E-state index in [0.717, 1.165) is 16.1 Å². The van der Waals surface area contributed by atoms with E-state index >= 15 is 0 Å². The van der Waals surface area contributed by atoms with Crippen LogP contribution in [0, 0.1) is 0 Å². The Morgan fingerprint density at radius 3 is 2.33 bits per heavy atom. The van der Waals surface area contributed by atoms with E-state index in [4.69, 9.17) is 10.6 Å². The highest BCUT2D eigenvalue weighted by molar-refractivity contribution is 7.12. The van der Waals surface area contributed by atoms with Crippen molar-refractivity contribution < 1.29 is 14.7 Å². The highest BCUT2D eigenvalue weighted by Gasteiger charge is 2.18. The molecule has 0 unspecified atom stereocenters. The maximum atomic E-state index is 13.0. The van der Waals surface area contributed by atoms with Crippen molar-refractivity contribution >= 4 is 28.8 Å². The minimum absolute atomic E-state index is 0.130. The minimum atomic E-state index is -0.242. The lowest BCUT2D eigenvalue weighted by atomic mass is 10.1. The van der Waals surface area contributed by atoms with Crippen LogP contribution >= 0.6 is 11.3 Å². The molecule has 33 heavy (non-hydrogen) atoms. The molecule has 1 aromatic heterocycles. The van der Waals surface area contributed by atoms with Gasteiger partial charge in [0.05, 0.1) is 17.1 Å². The molecule has 3 aromatic carbocycles. The molecule has 0 aliphatic heterocycles. The number of hydrogen-bond donors (Lipinski definition) is 2. The third-order valence-corrected chi connectivity index (χ3v) is 5.76. The van der Waals surface area contributed by atoms with Gasteiger partial charge in [-0.2, -0.15) is 5.06 Å². The Kier molecular flexibility index (Phi) is 7.02. The Morgan fingerprint density at radius 1 is 0.939 bits per heavy atom. The van der Waals surface area contributed by atoms with Crippen molar-refractivity contribution in [3.8, 4) is 11.5 Å². The molecule has 0 spiro atoms. The maximum absolute atomic E-state index is 13.0. The van der Waals surface area contributed by atoms with Crippen LogP contribution in [0.5, 0.6) is 11.5 Å². The fourth-order valence-corrected chi connectivity index (χ4v) is 3.76. The normalized spacial score (nSPS) is 11.2. The second-order valence-electron chi connectivity index (χ2n) is 7.25. The molecule has 0 bridgehead atoms. The molecule has 0 saturated carbocycles. The number of phenolic OH excluding ortho intramolecular Hbond substituents is 1. The van der Waals surface area contributed by atoms with Crippen LogP contribution in [0.1, 0.15) is 20.8 Å². The van der Waals surface area contributed by atoms with Crippen molar-refractivity contribution in [1.29, 1.82) is 0 Å². The third-order valence-electron chi connectivity index (χ3n) is 4.86. The van der Waals surface area contributed by atoms with Crippen molar-refractivity contribution in [2.24, 2.45) is 10.7 Å². The number of benzene rings is 3. The number of amides is 1. The molecular formula is C26H23N3O3S. The monoisotopic (exact) mass is 457 g/mol. The maximum Gasteiger partial charge on any atom is 0.286 e. The molecule has 0 radical (unpaired) electrons. The first-order valence-electron chi connectivity index (χ1n) is 10.4. The van der Waals surface area contributed by atoms with Crippen LogP contribution in [-0.2, 0) is 6.42 Å². The zero-order valence-corrected chi connectivity index (χ0v) is 18.6. The molecule has 0 fully saturated rings. The Morgan fingerprint density at radius 2 is 1.67 bits per heavy atom. The zero-order valence-electron chi connectivity index (χ0n) is 17.8. The first-order chi connectivity index (χ1) is 16.1. The van der Waals surface area contributed by atoms with Crippen LogP contribution in [0.25, 0.3) is 0 Å². The number of amidine groups is 1. The van der Waals surface area contributed by atoms with Crippen molar-refractivity contribution in [2.75, 3.05) is 6.54 Å². The number of rotatable bonds is 8. The minimum Gasteiger partial charge on any atom is -0.508 e. The predicted molar refractivity (Wildman–Crippen MR) is 131 cm³/mol. The number of hydrogen-bond acceptors (Lipinski definition) is 5. The summed E-state index contributed by atoms with van der Waals surface area (Å²) >= 11 is 1.55. The smallest absolute Gasteiger partial charge is 0.286 e. The molecule has 0 aliphatic carbocycles. The summed E-state index contributed by atoms with van der Waals surface area (Å²) in [5, 5.41) is 12.8. The molecule has 166 valence electrons. The average molecular weight is 458 g/mol. The molecule has 0 saturated heterocycles. The zero-order chi connectivity index (χ0) is 23.0. The van der Waals surface area contributed by atoms with Crippen LogP contribution in [0.15, 0.2) is 101 Å². The van der Waals surface area contributed by atoms with E-state index in [0.29, 0.717) is 30.1 Å². The van der Waals surface area contributed by atoms with E-state index in [1.165, 1.54) is 17.2 Å². The summed E-state index contributed by atoms with van der Waals surface area (Å²) in [6, 6.07) is 26.9. The number of aliphatic imine (C=N–C) groups is 1. The number of nitrogens with zero attached hydrogens (tertiary/aromatic N) is 2. The lowest BCUT2D eigenvalue weighted by Crippen LogP contribution is -2.36. The number of hydroxylamine groups is 2. The fourth-order valence-electron chi connectivity index (χ4n) is 3.13. The molecule has 4 aromatic rings. The summed E-state index contributed by atoms with van der Waals surface area (Å²) in [6.07, 6.45) is 0.584. The van der Waals surface area contributed by atoms with Gasteiger partial charge >= 0.3 is 0 Å². The van der Waals surface area contributed by atoms with Gasteiger partial charge in [-0.15, -0.1) is 11.3 Å². The van der Waals surface area contributed by atoms with Crippen LogP contribution < -0.4 is 10.6 Å². The van der Waals surface area contributed by atoms with Gasteiger partial charge in [-0.25, -0.2) is 4.99 Å². The molecule has 4 rings (SSSR count). The van der Waals surface area contributed by atoms with Crippen molar-refractivity contribution in [1.82, 2.24) is 5.06 Å². The van der Waals surface area contributed by atoms with E-state index in [-0.39, 0.29) is 11.7 Å². The molecule has 1 heterocycles. The van der Waals surface area contributed by atoms with Crippen LogP contribution in [-0.4, -0.2) is 28.5 Å². The van der Waals surface area contributed by atoms with Crippen LogP contribution in [0.2, 0.25) is 0 Å². The Balaban J connectivity index is 1.46. The number of phenols is 1. The Hall–Kier alpha value is -4.10. The average Bonchev–Trinajstić information content (AvgIpc) is 3.39. The van der Waals surface area contributed by atoms with Crippen molar-refractivity contribution in [3.63, 3.8) is 0 Å². The molecule has 1 amide bonds. The molecule has 0 atom stereocenters. The number of nitrogens with two attached hydrogens (primary N) is 1. The summed E-state index contributed by atoms with van der Waals surface area (Å²) in [6.45, 7) is 0.342. The summed E-state index contributed by atoms with van der Waals surface area (Å²) in [5.41, 5.74) is 8.39. The second-order valence-corrected chi connectivity index (χ2v) is 8.20. The summed E-state index contributed by atoms with van der Waals surface area (Å²) in [7, 11) is 0. The lowest BCUT2D eigenvalue weighted by molar-refractivity contribution is -0.0323. The first-order valence-corrected chi connectivity index (χ1v) is 11.3. The van der Waals surface area contributed by atoms with Crippen molar-refractivity contribution in [2.45, 2.75) is 6.42 Å². The Labute approximate surface area is 196 Å². The van der Waals surface area contributed by atoms with Gasteiger partial charge in [0.2, 0.25) is 0 Å². The number of aromatic hydroxyl groups is 1. The highest BCUT2D eigenvalue weighted by atomic mass is 32.1. The summed E-state index contributed by atoms with van der Waals surface area (Å²) < 4.78 is 0. The van der Waals surface area contributed by atoms with Gasteiger partial charge < -0.3 is 15.7 Å². The predicted octanol–water partition coefficient (Wildman–Crippen LogP) is 5.17. The third kappa shape index (κ3) is 5.99. The molecule has 3 N–H and O–H groups in total. The standard InChI is InChI=1S/C26H23N3O3S/c27-25(24-7-4-18-33-24)28-21-10-8-19(9-11-21)16-17-29(26(31)20-5-2-1-3-6-20)32-23-14-12-22(30)13-15-23/h1-15,18,30H,16-17H2,(H2,27,28). The number of carbonyl (C=O) groups is 1. The van der Waals surface area contributed by atoms with E-state index in [9.17, 15) is 9.90 Å². The molecular weight excluding hydrogens is 434 g/mol. The van der Waals surface area contributed by atoms with Gasteiger partial charge in [-0.3, -0.25) is 4.79 Å². The quantitative estimate of drug-likeness (QED) is 0.217. The summed E-state index contributed by atoms with van der Waals surface area (Å²) in [5.74, 6) is 0.838. The van der Waals surface area contributed by atoms with Gasteiger partial charge in [0.1, 0.15) is 11.6 Å². The number of carbonyl (C=O) groups excluding carboxylic acids is 1. The van der Waals surface area contributed by atoms with Gasteiger partial charge in [-0.1, -0.05) is 36.4 Å². The van der Waals surface area contributed by atoms with E-state index in [2.05, 4.69) is 4.99 Å². The SMILES string of the molecule is NC(=Nc1ccc(CCN(Oc2ccc(O)cc2)C(=O)c2ccccc2)cc1)c1cccs1. The molecule has 6 nitrogen and oxygen atoms in total. The topological polar surface area (TPSA) is 88.2 Å². The van der Waals surface area contributed by atoms with Crippen LogP contribution in [0.3, 0.4) is 0 Å². The lowest BCUT2D eigenvalue weighted by Gasteiger charge is -2.22. The largest absolute Gasteiger partial charge is 0.508 e. The van der Waals surface area contributed by atoms with Gasteiger partial charge in [0.25, 0.3) is 5.91 Å². The van der Waals surface area contributed by atoms with Crippen LogP contribution in [0.4, 0.5) is 5.69 Å². The summed E-state index contributed by atoms with van der Waals surface area (Å²) in [4.78, 5) is 24.3. The van der Waals surface area contributed by atoms with E-state index < -0.39 is 0 Å².